The van der Waals surface area contributed by atoms with Crippen LogP contribution >= 0.6 is 0 Å². The Morgan fingerprint density at radius 2 is 1.74 bits per heavy atom. The summed E-state index contributed by atoms with van der Waals surface area (Å²) in [5.41, 5.74) is 6.85. The van der Waals surface area contributed by atoms with Crippen LogP contribution < -0.4 is 0 Å². The van der Waals surface area contributed by atoms with E-state index in [-0.39, 0.29) is 0 Å². The quantitative estimate of drug-likeness (QED) is 0.696. The molecule has 0 saturated heterocycles. The van der Waals surface area contributed by atoms with E-state index in [1.807, 2.05) is 0 Å². The van der Waals surface area contributed by atoms with Gasteiger partial charge in [0.25, 0.3) is 0 Å². The fourth-order valence-electron chi connectivity index (χ4n) is 3.83. The predicted octanol–water partition coefficient (Wildman–Crippen LogP) is 5.17. The molecule has 2 unspecified atom stereocenters. The molecule has 1 aromatic carbocycles. The third-order valence-electron chi connectivity index (χ3n) is 4.58. The highest BCUT2D eigenvalue weighted by Gasteiger charge is 2.46. The lowest BCUT2D eigenvalue weighted by molar-refractivity contribution is 0.447. The zero-order chi connectivity index (χ0) is 13.6. The Balaban J connectivity index is 1.88. The normalized spacial score (nSPS) is 25.4. The number of fused-ring (bicyclic) bond motifs is 1. The molecule has 3 aliphatic carbocycles. The van der Waals surface area contributed by atoms with Crippen LogP contribution in [0.1, 0.15) is 39.7 Å². The van der Waals surface area contributed by atoms with Gasteiger partial charge >= 0.3 is 0 Å². The minimum Gasteiger partial charge on any atom is -0.0732 e. The van der Waals surface area contributed by atoms with Crippen LogP contribution in [-0.4, -0.2) is 0 Å². The van der Waals surface area contributed by atoms with E-state index in [1.165, 1.54) is 18.4 Å². The van der Waals surface area contributed by atoms with E-state index in [0.29, 0.717) is 11.3 Å². The van der Waals surface area contributed by atoms with Crippen molar-refractivity contribution in [1.82, 2.24) is 0 Å². The first-order valence-electron chi connectivity index (χ1n) is 7.53. The Morgan fingerprint density at radius 1 is 1.05 bits per heavy atom. The van der Waals surface area contributed by atoms with Crippen LogP contribution in [0.3, 0.4) is 0 Å². The average molecular weight is 252 g/mol. The van der Waals surface area contributed by atoms with Gasteiger partial charge in [-0.25, -0.2) is 0 Å². The van der Waals surface area contributed by atoms with Gasteiger partial charge in [0.2, 0.25) is 0 Å². The van der Waals surface area contributed by atoms with Gasteiger partial charge in [0.1, 0.15) is 0 Å². The summed E-state index contributed by atoms with van der Waals surface area (Å²) >= 11 is 0. The molecule has 4 rings (SSSR count). The van der Waals surface area contributed by atoms with Crippen LogP contribution in [-0.2, 0) is 6.42 Å². The summed E-state index contributed by atoms with van der Waals surface area (Å²) in [7, 11) is 0. The van der Waals surface area contributed by atoms with Crippen molar-refractivity contribution in [1.29, 1.82) is 0 Å². The summed E-state index contributed by atoms with van der Waals surface area (Å²) in [5.74, 6) is 1.43. The molecule has 0 fully saturated rings. The van der Waals surface area contributed by atoms with E-state index in [0.717, 1.165) is 5.92 Å². The maximum absolute atomic E-state index is 2.55. The molecular weight excluding hydrogens is 228 g/mol. The number of hydrogen-bond acceptors (Lipinski definition) is 0. The molecule has 0 aromatic heterocycles. The molecule has 19 heavy (non-hydrogen) atoms. The van der Waals surface area contributed by atoms with Gasteiger partial charge in [-0.1, -0.05) is 69.7 Å². The fraction of sp³-hybridized carbons (Fsp3) is 0.474. The van der Waals surface area contributed by atoms with Crippen LogP contribution in [0.5, 0.6) is 0 Å². The van der Waals surface area contributed by atoms with Crippen LogP contribution in [0.15, 0.2) is 53.1 Å². The number of rotatable bonds is 3. The van der Waals surface area contributed by atoms with Crippen molar-refractivity contribution in [2.24, 2.45) is 17.3 Å². The monoisotopic (exact) mass is 252 g/mol. The van der Waals surface area contributed by atoms with E-state index in [2.05, 4.69) is 64.1 Å². The van der Waals surface area contributed by atoms with Gasteiger partial charge in [-0.15, -0.1) is 0 Å². The average Bonchev–Trinajstić information content (AvgIpc) is 2.91. The highest BCUT2D eigenvalue weighted by atomic mass is 14.5. The molecule has 1 aromatic rings. The second-order valence-electron chi connectivity index (χ2n) is 6.96. The molecular formula is C19H24. The maximum atomic E-state index is 2.55. The molecule has 0 N–H and O–H groups in total. The van der Waals surface area contributed by atoms with Crippen molar-refractivity contribution >= 4 is 0 Å². The first kappa shape index (κ1) is 12.7. The molecule has 0 aliphatic heterocycles. The van der Waals surface area contributed by atoms with Gasteiger partial charge in [-0.05, 0) is 40.9 Å². The topological polar surface area (TPSA) is 0 Å². The van der Waals surface area contributed by atoms with Crippen molar-refractivity contribution < 1.29 is 0 Å². The van der Waals surface area contributed by atoms with Crippen LogP contribution in [0.25, 0.3) is 0 Å². The second kappa shape index (κ2) is 4.37. The molecule has 0 amide bonds. The Morgan fingerprint density at radius 3 is 2.26 bits per heavy atom. The third-order valence-corrected chi connectivity index (χ3v) is 4.58. The lowest BCUT2D eigenvalue weighted by Gasteiger charge is -2.40. The lowest BCUT2D eigenvalue weighted by atomic mass is 9.64. The number of benzene rings is 1. The third kappa shape index (κ3) is 1.98. The van der Waals surface area contributed by atoms with E-state index in [9.17, 15) is 0 Å². The van der Waals surface area contributed by atoms with E-state index in [1.54, 1.807) is 16.7 Å². The van der Waals surface area contributed by atoms with Crippen molar-refractivity contribution in [2.75, 3.05) is 0 Å². The van der Waals surface area contributed by atoms with Crippen molar-refractivity contribution in [2.45, 2.75) is 40.5 Å². The lowest BCUT2D eigenvalue weighted by Crippen LogP contribution is -2.29. The summed E-state index contributed by atoms with van der Waals surface area (Å²) < 4.78 is 0. The fourth-order valence-corrected chi connectivity index (χ4v) is 3.83. The number of hydrogen-bond donors (Lipinski definition) is 0. The van der Waals surface area contributed by atoms with Crippen molar-refractivity contribution in [3.8, 4) is 0 Å². The molecule has 3 aliphatic rings. The van der Waals surface area contributed by atoms with Gasteiger partial charge < -0.3 is 0 Å². The summed E-state index contributed by atoms with van der Waals surface area (Å²) in [6.45, 7) is 9.38. The zero-order valence-corrected chi connectivity index (χ0v) is 12.5. The smallest absolute Gasteiger partial charge is 0.0101 e. The minimum absolute atomic E-state index is 0.318. The van der Waals surface area contributed by atoms with Gasteiger partial charge in [0.15, 0.2) is 0 Å². The Labute approximate surface area is 117 Å². The van der Waals surface area contributed by atoms with E-state index < -0.39 is 0 Å². The maximum Gasteiger partial charge on any atom is 0.0101 e. The minimum atomic E-state index is 0.318. The van der Waals surface area contributed by atoms with Gasteiger partial charge in [-0.2, -0.15) is 0 Å². The highest BCUT2D eigenvalue weighted by molar-refractivity contribution is 5.62. The van der Waals surface area contributed by atoms with Crippen molar-refractivity contribution in [3.63, 3.8) is 0 Å². The standard InChI is InChI=1S/C19H24/c1-5-14-12-16-15(11-13-9-7-6-8-10-13)17(14)18(16)19(2,3)4/h6-10,12,14-15H,5,11H2,1-4H3. The molecule has 0 heterocycles. The van der Waals surface area contributed by atoms with Gasteiger partial charge in [0.05, 0.1) is 0 Å². The molecule has 100 valence electrons. The second-order valence-corrected chi connectivity index (χ2v) is 6.96. The SMILES string of the molecule is CCC1C=C2C(C(C)(C)C)=C1C2Cc1ccccc1. The van der Waals surface area contributed by atoms with Gasteiger partial charge in [0, 0.05) is 5.92 Å². The van der Waals surface area contributed by atoms with Crippen LogP contribution in [0.4, 0.5) is 0 Å². The van der Waals surface area contributed by atoms with E-state index >= 15 is 0 Å². The number of allylic oxidation sites excluding steroid dienone is 4. The van der Waals surface area contributed by atoms with E-state index in [4.69, 9.17) is 0 Å². The predicted molar refractivity (Wildman–Crippen MR) is 82.0 cm³/mol. The van der Waals surface area contributed by atoms with Crippen molar-refractivity contribution in [3.05, 3.63) is 58.7 Å². The Kier molecular flexibility index (Phi) is 2.92. The molecule has 0 saturated carbocycles. The summed E-state index contributed by atoms with van der Waals surface area (Å²) in [6.07, 6.45) is 4.99. The molecule has 0 radical (unpaired) electrons. The largest absolute Gasteiger partial charge is 0.0732 e. The first-order valence-corrected chi connectivity index (χ1v) is 7.53. The molecule has 0 nitrogen and oxygen atoms in total. The molecule has 0 spiro atoms. The highest BCUT2D eigenvalue weighted by Crippen LogP contribution is 2.59. The zero-order valence-electron chi connectivity index (χ0n) is 12.5. The van der Waals surface area contributed by atoms with Crippen LogP contribution in [0.2, 0.25) is 0 Å². The molecule has 0 heteroatoms. The summed E-state index contributed by atoms with van der Waals surface area (Å²) in [4.78, 5) is 0. The first-order chi connectivity index (χ1) is 9.02. The Bertz CT molecular complexity index is 537. The van der Waals surface area contributed by atoms with Crippen LogP contribution in [0, 0.1) is 17.3 Å². The Hall–Kier alpha value is -1.30. The summed E-state index contributed by atoms with van der Waals surface area (Å²) in [6, 6.07) is 10.9. The van der Waals surface area contributed by atoms with Gasteiger partial charge in [-0.3, -0.25) is 0 Å². The molecule has 2 atom stereocenters. The molecule has 2 bridgehead atoms. The summed E-state index contributed by atoms with van der Waals surface area (Å²) in [5, 5.41) is 0.